The number of carbonyl (C=O) groups excluding carboxylic acids is 1. The first kappa shape index (κ1) is 15.5. The van der Waals surface area contributed by atoms with Crippen molar-refractivity contribution in [3.8, 4) is 0 Å². The van der Waals surface area contributed by atoms with Gasteiger partial charge in [-0.2, -0.15) is 0 Å². The number of hydrogen-bond donors (Lipinski definition) is 1. The predicted octanol–water partition coefficient (Wildman–Crippen LogP) is 1.80. The molecule has 0 bridgehead atoms. The van der Waals surface area contributed by atoms with E-state index in [1.54, 1.807) is 11.7 Å². The van der Waals surface area contributed by atoms with Gasteiger partial charge in [-0.1, -0.05) is 30.0 Å². The largest absolute Gasteiger partial charge is 0.349 e. The molecule has 2 rings (SSSR count). The van der Waals surface area contributed by atoms with Crippen molar-refractivity contribution in [1.29, 1.82) is 0 Å². The van der Waals surface area contributed by atoms with Crippen LogP contribution < -0.4 is 5.32 Å². The standard InChI is InChI=1S/C14H19N5OS/c1-9-5-6-12(7-10(9)2)11(3)15-13(20)8-21-14-16-17-18-19(14)4/h5-7,11H,8H2,1-4H3,(H,15,20)/t11-/m0/s1. The summed E-state index contributed by atoms with van der Waals surface area (Å²) in [5.41, 5.74) is 3.59. The third-order valence-corrected chi connectivity index (χ3v) is 4.33. The molecule has 0 aliphatic carbocycles. The lowest BCUT2D eigenvalue weighted by Crippen LogP contribution is -2.28. The zero-order valence-electron chi connectivity index (χ0n) is 12.6. The molecule has 1 atom stereocenters. The lowest BCUT2D eigenvalue weighted by Gasteiger charge is -2.15. The molecule has 0 saturated heterocycles. The van der Waals surface area contributed by atoms with Crippen LogP contribution in [0.25, 0.3) is 0 Å². The SMILES string of the molecule is Cc1ccc([C@H](C)NC(=O)CSc2nnnn2C)cc1C. The van der Waals surface area contributed by atoms with Gasteiger partial charge in [-0.3, -0.25) is 4.79 Å². The minimum atomic E-state index is -0.0336. The number of aryl methyl sites for hydroxylation is 3. The van der Waals surface area contributed by atoms with Crippen molar-refractivity contribution >= 4 is 17.7 Å². The van der Waals surface area contributed by atoms with Crippen LogP contribution in [0.4, 0.5) is 0 Å². The number of benzene rings is 1. The Labute approximate surface area is 128 Å². The molecule has 2 aromatic rings. The second-order valence-electron chi connectivity index (χ2n) is 5.01. The molecule has 1 heterocycles. The fourth-order valence-electron chi connectivity index (χ4n) is 1.87. The fraction of sp³-hybridized carbons (Fsp3) is 0.429. The van der Waals surface area contributed by atoms with Gasteiger partial charge in [-0.25, -0.2) is 4.68 Å². The zero-order valence-corrected chi connectivity index (χ0v) is 13.4. The molecule has 0 spiro atoms. The summed E-state index contributed by atoms with van der Waals surface area (Å²) in [5, 5.41) is 14.7. The van der Waals surface area contributed by atoms with Gasteiger partial charge in [0.2, 0.25) is 11.1 Å². The predicted molar refractivity (Wildman–Crippen MR) is 82.0 cm³/mol. The van der Waals surface area contributed by atoms with E-state index in [-0.39, 0.29) is 11.9 Å². The lowest BCUT2D eigenvalue weighted by atomic mass is 10.0. The van der Waals surface area contributed by atoms with Gasteiger partial charge < -0.3 is 5.32 Å². The average Bonchev–Trinajstić information content (AvgIpc) is 2.85. The first-order valence-corrected chi connectivity index (χ1v) is 7.67. The van der Waals surface area contributed by atoms with Crippen molar-refractivity contribution in [2.45, 2.75) is 32.0 Å². The highest BCUT2D eigenvalue weighted by Gasteiger charge is 2.12. The first-order valence-electron chi connectivity index (χ1n) is 6.69. The van der Waals surface area contributed by atoms with Crippen molar-refractivity contribution in [2.75, 3.05) is 5.75 Å². The summed E-state index contributed by atoms with van der Waals surface area (Å²) in [5.74, 6) is 0.261. The third kappa shape index (κ3) is 4.04. The highest BCUT2D eigenvalue weighted by atomic mass is 32.2. The van der Waals surface area contributed by atoms with Crippen molar-refractivity contribution in [3.63, 3.8) is 0 Å². The van der Waals surface area contributed by atoms with Crippen LogP contribution in [-0.2, 0) is 11.8 Å². The van der Waals surface area contributed by atoms with Gasteiger partial charge in [-0.15, -0.1) is 5.10 Å². The highest BCUT2D eigenvalue weighted by molar-refractivity contribution is 7.99. The molecule has 1 N–H and O–H groups in total. The van der Waals surface area contributed by atoms with Crippen LogP contribution >= 0.6 is 11.8 Å². The zero-order chi connectivity index (χ0) is 15.4. The maximum atomic E-state index is 12.0. The van der Waals surface area contributed by atoms with E-state index < -0.39 is 0 Å². The molecule has 112 valence electrons. The van der Waals surface area contributed by atoms with Crippen molar-refractivity contribution in [1.82, 2.24) is 25.5 Å². The molecular formula is C14H19N5OS. The molecule has 0 aliphatic heterocycles. The van der Waals surface area contributed by atoms with Crippen LogP contribution in [0.5, 0.6) is 0 Å². The van der Waals surface area contributed by atoms with E-state index in [4.69, 9.17) is 0 Å². The van der Waals surface area contributed by atoms with Gasteiger partial charge >= 0.3 is 0 Å². The van der Waals surface area contributed by atoms with E-state index in [1.807, 2.05) is 13.0 Å². The molecule has 6 nitrogen and oxygen atoms in total. The highest BCUT2D eigenvalue weighted by Crippen LogP contribution is 2.17. The van der Waals surface area contributed by atoms with E-state index in [2.05, 4.69) is 46.8 Å². The molecule has 0 aliphatic rings. The van der Waals surface area contributed by atoms with E-state index in [1.165, 1.54) is 22.9 Å². The molecule has 1 aromatic heterocycles. The topological polar surface area (TPSA) is 72.7 Å². The molecular weight excluding hydrogens is 286 g/mol. The minimum Gasteiger partial charge on any atom is -0.349 e. The number of carbonyl (C=O) groups is 1. The van der Waals surface area contributed by atoms with Crippen LogP contribution in [0.15, 0.2) is 23.4 Å². The van der Waals surface area contributed by atoms with E-state index in [0.29, 0.717) is 10.9 Å². The minimum absolute atomic E-state index is 0.0185. The quantitative estimate of drug-likeness (QED) is 0.853. The summed E-state index contributed by atoms with van der Waals surface area (Å²) >= 11 is 1.32. The number of hydrogen-bond acceptors (Lipinski definition) is 5. The van der Waals surface area contributed by atoms with Gasteiger partial charge in [0, 0.05) is 7.05 Å². The van der Waals surface area contributed by atoms with Gasteiger partial charge in [0.1, 0.15) is 0 Å². The van der Waals surface area contributed by atoms with Crippen LogP contribution in [0, 0.1) is 13.8 Å². The number of aromatic nitrogens is 4. The molecule has 0 fully saturated rings. The van der Waals surface area contributed by atoms with Gasteiger partial charge in [0.05, 0.1) is 11.8 Å². The van der Waals surface area contributed by atoms with E-state index >= 15 is 0 Å². The number of tetrazole rings is 1. The van der Waals surface area contributed by atoms with Crippen molar-refractivity contribution in [2.24, 2.45) is 7.05 Å². The van der Waals surface area contributed by atoms with Crippen LogP contribution in [0.1, 0.15) is 29.7 Å². The summed E-state index contributed by atoms with van der Waals surface area (Å²) in [6, 6.07) is 6.22. The Bertz CT molecular complexity index is 640. The monoisotopic (exact) mass is 305 g/mol. The maximum Gasteiger partial charge on any atom is 0.230 e. The van der Waals surface area contributed by atoms with E-state index in [0.717, 1.165) is 5.56 Å². The second-order valence-corrected chi connectivity index (χ2v) is 5.95. The Hall–Kier alpha value is -1.89. The van der Waals surface area contributed by atoms with Crippen molar-refractivity contribution in [3.05, 3.63) is 34.9 Å². The molecule has 1 aromatic carbocycles. The second kappa shape index (κ2) is 6.71. The Kier molecular flexibility index (Phi) is 4.95. The van der Waals surface area contributed by atoms with Crippen molar-refractivity contribution < 1.29 is 4.79 Å². The van der Waals surface area contributed by atoms with Gasteiger partial charge in [0.15, 0.2) is 0 Å². The summed E-state index contributed by atoms with van der Waals surface area (Å²) in [7, 11) is 1.75. The molecule has 21 heavy (non-hydrogen) atoms. The average molecular weight is 305 g/mol. The molecule has 1 amide bonds. The third-order valence-electron chi connectivity index (χ3n) is 3.32. The number of amides is 1. The molecule has 0 radical (unpaired) electrons. The summed E-state index contributed by atoms with van der Waals surface area (Å²) in [6.45, 7) is 6.13. The lowest BCUT2D eigenvalue weighted by molar-refractivity contribution is -0.119. The fourth-order valence-corrected chi connectivity index (χ4v) is 2.54. The van der Waals surface area contributed by atoms with E-state index in [9.17, 15) is 4.79 Å². The number of nitrogens with one attached hydrogen (secondary N) is 1. The van der Waals surface area contributed by atoms with Gasteiger partial charge in [0.25, 0.3) is 0 Å². The van der Waals surface area contributed by atoms with Crippen LogP contribution in [-0.4, -0.2) is 31.9 Å². The summed E-state index contributed by atoms with van der Waals surface area (Å²) in [4.78, 5) is 12.0. The number of thioether (sulfide) groups is 1. The van der Waals surface area contributed by atoms with Crippen LogP contribution in [0.3, 0.4) is 0 Å². The Balaban J connectivity index is 1.89. The molecule has 7 heteroatoms. The number of rotatable bonds is 5. The Morgan fingerprint density at radius 1 is 1.38 bits per heavy atom. The smallest absolute Gasteiger partial charge is 0.230 e. The number of nitrogens with zero attached hydrogens (tertiary/aromatic N) is 4. The Morgan fingerprint density at radius 3 is 2.76 bits per heavy atom. The van der Waals surface area contributed by atoms with Gasteiger partial charge in [-0.05, 0) is 47.9 Å². The Morgan fingerprint density at radius 2 is 2.14 bits per heavy atom. The summed E-state index contributed by atoms with van der Waals surface area (Å²) in [6.07, 6.45) is 0. The molecule has 0 unspecified atom stereocenters. The normalized spacial score (nSPS) is 12.2. The summed E-state index contributed by atoms with van der Waals surface area (Å²) < 4.78 is 1.55. The maximum absolute atomic E-state index is 12.0. The van der Waals surface area contributed by atoms with Crippen LogP contribution in [0.2, 0.25) is 0 Å². The first-order chi connectivity index (χ1) is 9.97. The molecule has 0 saturated carbocycles.